The van der Waals surface area contributed by atoms with Gasteiger partial charge in [-0.3, -0.25) is 0 Å². The highest BCUT2D eigenvalue weighted by Gasteiger charge is 2.18. The monoisotopic (exact) mass is 251 g/mol. The van der Waals surface area contributed by atoms with E-state index in [1.807, 2.05) is 13.8 Å². The Labute approximate surface area is 99.7 Å². The van der Waals surface area contributed by atoms with Gasteiger partial charge in [0.05, 0.1) is 12.4 Å². The molecule has 0 radical (unpaired) electrons. The van der Waals surface area contributed by atoms with Gasteiger partial charge < -0.3 is 10.1 Å². The lowest BCUT2D eigenvalue weighted by Gasteiger charge is -2.25. The standard InChI is InChI=1S/C11H25NO3S/c1-6-15-7-11(9(2)3)12-10(4)8-16(5,13)14/h9-12H,6-8H2,1-5H3. The third kappa shape index (κ3) is 8.07. The molecule has 0 spiro atoms. The summed E-state index contributed by atoms with van der Waals surface area (Å²) >= 11 is 0. The van der Waals surface area contributed by atoms with Crippen molar-refractivity contribution >= 4 is 9.84 Å². The summed E-state index contributed by atoms with van der Waals surface area (Å²) in [5, 5.41) is 3.30. The average Bonchev–Trinajstić information content (AvgIpc) is 2.08. The van der Waals surface area contributed by atoms with E-state index in [9.17, 15) is 8.42 Å². The molecule has 16 heavy (non-hydrogen) atoms. The number of sulfone groups is 1. The van der Waals surface area contributed by atoms with Crippen molar-refractivity contribution < 1.29 is 13.2 Å². The molecule has 98 valence electrons. The largest absolute Gasteiger partial charge is 0.380 e. The third-order valence-corrected chi connectivity index (χ3v) is 3.46. The molecule has 0 aromatic heterocycles. The van der Waals surface area contributed by atoms with Crippen LogP contribution in [0.2, 0.25) is 0 Å². The van der Waals surface area contributed by atoms with Gasteiger partial charge in [-0.2, -0.15) is 0 Å². The van der Waals surface area contributed by atoms with E-state index in [2.05, 4.69) is 19.2 Å². The van der Waals surface area contributed by atoms with Crippen molar-refractivity contribution in [1.29, 1.82) is 0 Å². The number of nitrogens with one attached hydrogen (secondary N) is 1. The molecule has 1 N–H and O–H groups in total. The Morgan fingerprint density at radius 1 is 1.25 bits per heavy atom. The maximum Gasteiger partial charge on any atom is 0.148 e. The molecule has 2 unspecified atom stereocenters. The zero-order valence-corrected chi connectivity index (χ0v) is 11.8. The van der Waals surface area contributed by atoms with Crippen LogP contribution in [-0.4, -0.2) is 45.7 Å². The van der Waals surface area contributed by atoms with Crippen LogP contribution >= 0.6 is 0 Å². The van der Waals surface area contributed by atoms with E-state index in [0.717, 1.165) is 0 Å². The van der Waals surface area contributed by atoms with Crippen LogP contribution in [0, 0.1) is 5.92 Å². The van der Waals surface area contributed by atoms with Crippen molar-refractivity contribution in [1.82, 2.24) is 5.32 Å². The van der Waals surface area contributed by atoms with E-state index in [1.165, 1.54) is 6.26 Å². The zero-order valence-electron chi connectivity index (χ0n) is 11.0. The lowest BCUT2D eigenvalue weighted by molar-refractivity contribution is 0.105. The summed E-state index contributed by atoms with van der Waals surface area (Å²) in [6.07, 6.45) is 1.26. The first kappa shape index (κ1) is 15.9. The molecule has 4 nitrogen and oxygen atoms in total. The predicted octanol–water partition coefficient (Wildman–Crippen LogP) is 1.07. The number of rotatable bonds is 8. The van der Waals surface area contributed by atoms with Crippen molar-refractivity contribution in [2.24, 2.45) is 5.92 Å². The second kappa shape index (κ2) is 7.25. The van der Waals surface area contributed by atoms with Crippen molar-refractivity contribution in [3.63, 3.8) is 0 Å². The maximum atomic E-state index is 11.1. The topological polar surface area (TPSA) is 55.4 Å². The highest BCUT2D eigenvalue weighted by Crippen LogP contribution is 2.04. The predicted molar refractivity (Wildman–Crippen MR) is 67.4 cm³/mol. The van der Waals surface area contributed by atoms with Crippen molar-refractivity contribution in [2.75, 3.05) is 25.2 Å². The molecule has 0 aromatic rings. The van der Waals surface area contributed by atoms with Crippen LogP contribution in [0.3, 0.4) is 0 Å². The van der Waals surface area contributed by atoms with Crippen LogP contribution < -0.4 is 5.32 Å². The highest BCUT2D eigenvalue weighted by atomic mass is 32.2. The summed E-state index contributed by atoms with van der Waals surface area (Å²) in [4.78, 5) is 0. The van der Waals surface area contributed by atoms with E-state index in [1.54, 1.807) is 0 Å². The first-order valence-corrected chi connectivity index (χ1v) is 7.83. The Morgan fingerprint density at radius 3 is 2.19 bits per heavy atom. The lowest BCUT2D eigenvalue weighted by atomic mass is 10.0. The summed E-state index contributed by atoms with van der Waals surface area (Å²) in [5.74, 6) is 0.594. The normalized spacial score (nSPS) is 16.4. The van der Waals surface area contributed by atoms with E-state index >= 15 is 0 Å². The molecule has 0 aliphatic heterocycles. The van der Waals surface area contributed by atoms with Crippen LogP contribution in [0.1, 0.15) is 27.7 Å². The Hall–Kier alpha value is -0.130. The Morgan fingerprint density at radius 2 is 1.81 bits per heavy atom. The smallest absolute Gasteiger partial charge is 0.148 e. The Balaban J connectivity index is 4.18. The Bertz CT molecular complexity index is 275. The van der Waals surface area contributed by atoms with Gasteiger partial charge in [-0.1, -0.05) is 13.8 Å². The lowest BCUT2D eigenvalue weighted by Crippen LogP contribution is -2.45. The molecule has 0 aliphatic rings. The molecule has 0 aromatic carbocycles. The molecule has 0 amide bonds. The maximum absolute atomic E-state index is 11.1. The molecule has 0 aliphatic carbocycles. The molecule has 0 heterocycles. The van der Waals surface area contributed by atoms with Gasteiger partial charge in [-0.25, -0.2) is 8.42 Å². The third-order valence-electron chi connectivity index (χ3n) is 2.36. The van der Waals surface area contributed by atoms with Crippen molar-refractivity contribution in [3.05, 3.63) is 0 Å². The van der Waals surface area contributed by atoms with E-state index < -0.39 is 9.84 Å². The molecule has 2 atom stereocenters. The number of hydrogen-bond acceptors (Lipinski definition) is 4. The van der Waals surface area contributed by atoms with Crippen LogP contribution in [0.15, 0.2) is 0 Å². The number of hydrogen-bond donors (Lipinski definition) is 1. The minimum absolute atomic E-state index is 0.0390. The van der Waals surface area contributed by atoms with Gasteiger partial charge in [0.15, 0.2) is 0 Å². The van der Waals surface area contributed by atoms with Crippen LogP contribution in [0.25, 0.3) is 0 Å². The van der Waals surface area contributed by atoms with Gasteiger partial charge in [0, 0.05) is 24.9 Å². The second-order valence-corrected chi connectivity index (χ2v) is 6.85. The molecule has 0 bridgehead atoms. The summed E-state index contributed by atoms with van der Waals surface area (Å²) in [6.45, 7) is 9.36. The Kier molecular flexibility index (Phi) is 7.19. The molecule has 0 saturated heterocycles. The van der Waals surface area contributed by atoms with Crippen LogP contribution in [-0.2, 0) is 14.6 Å². The first-order valence-electron chi connectivity index (χ1n) is 5.77. The second-order valence-electron chi connectivity index (χ2n) is 4.67. The number of ether oxygens (including phenoxy) is 1. The van der Waals surface area contributed by atoms with Gasteiger partial charge in [0.25, 0.3) is 0 Å². The van der Waals surface area contributed by atoms with Gasteiger partial charge in [-0.05, 0) is 19.8 Å². The fourth-order valence-corrected chi connectivity index (χ4v) is 2.55. The average molecular weight is 251 g/mol. The van der Waals surface area contributed by atoms with Crippen molar-refractivity contribution in [3.8, 4) is 0 Å². The van der Waals surface area contributed by atoms with E-state index in [-0.39, 0.29) is 17.8 Å². The van der Waals surface area contributed by atoms with Gasteiger partial charge in [-0.15, -0.1) is 0 Å². The first-order chi connectivity index (χ1) is 7.26. The molecular formula is C11H25NO3S. The molecule has 0 fully saturated rings. The highest BCUT2D eigenvalue weighted by molar-refractivity contribution is 7.90. The van der Waals surface area contributed by atoms with Gasteiger partial charge in [0.1, 0.15) is 9.84 Å². The molecule has 5 heteroatoms. The minimum atomic E-state index is -2.92. The van der Waals surface area contributed by atoms with Gasteiger partial charge >= 0.3 is 0 Å². The molecule has 0 rings (SSSR count). The summed E-state index contributed by atoms with van der Waals surface area (Å²) in [6, 6.07) is 0.166. The van der Waals surface area contributed by atoms with Crippen LogP contribution in [0.4, 0.5) is 0 Å². The summed E-state index contributed by atoms with van der Waals surface area (Å²) < 4.78 is 27.6. The summed E-state index contributed by atoms with van der Waals surface area (Å²) in [7, 11) is -2.92. The van der Waals surface area contributed by atoms with E-state index in [4.69, 9.17) is 4.74 Å². The van der Waals surface area contributed by atoms with E-state index in [0.29, 0.717) is 19.1 Å². The zero-order chi connectivity index (χ0) is 12.8. The van der Waals surface area contributed by atoms with Crippen LogP contribution in [0.5, 0.6) is 0 Å². The fraction of sp³-hybridized carbons (Fsp3) is 1.00. The van der Waals surface area contributed by atoms with Crippen molar-refractivity contribution in [2.45, 2.75) is 39.8 Å². The quantitative estimate of drug-likeness (QED) is 0.701. The summed E-state index contributed by atoms with van der Waals surface area (Å²) in [5.41, 5.74) is 0. The SMILES string of the molecule is CCOCC(NC(C)CS(C)(=O)=O)C(C)C. The molecule has 0 saturated carbocycles. The van der Waals surface area contributed by atoms with Gasteiger partial charge in [0.2, 0.25) is 0 Å². The fourth-order valence-electron chi connectivity index (χ4n) is 1.55. The molecular weight excluding hydrogens is 226 g/mol. The minimum Gasteiger partial charge on any atom is -0.380 e.